The van der Waals surface area contributed by atoms with Gasteiger partial charge in [-0.05, 0) is 48.8 Å². The van der Waals surface area contributed by atoms with E-state index in [-0.39, 0.29) is 11.8 Å². The van der Waals surface area contributed by atoms with E-state index in [4.69, 9.17) is 16.7 Å². The largest absolute Gasteiger partial charge is 0.358 e. The quantitative estimate of drug-likeness (QED) is 0.577. The highest BCUT2D eigenvalue weighted by molar-refractivity contribution is 7.88. The average Bonchev–Trinajstić information content (AvgIpc) is 3.37. The zero-order valence-corrected chi connectivity index (χ0v) is 22.7. The number of hydrazone groups is 1. The lowest BCUT2D eigenvalue weighted by Crippen LogP contribution is -2.51. The third-order valence-electron chi connectivity index (χ3n) is 9.07. The van der Waals surface area contributed by atoms with Crippen molar-refractivity contribution in [1.29, 1.82) is 5.26 Å². The summed E-state index contributed by atoms with van der Waals surface area (Å²) in [6.45, 7) is 3.42. The van der Waals surface area contributed by atoms with Gasteiger partial charge in [-0.3, -0.25) is 9.80 Å². The van der Waals surface area contributed by atoms with Crippen molar-refractivity contribution in [2.24, 2.45) is 28.8 Å². The van der Waals surface area contributed by atoms with Crippen LogP contribution in [0.2, 0.25) is 5.02 Å². The van der Waals surface area contributed by atoms with E-state index in [1.165, 1.54) is 36.2 Å². The number of sulfonamides is 1. The van der Waals surface area contributed by atoms with Gasteiger partial charge in [0.1, 0.15) is 11.9 Å². The molecule has 9 nitrogen and oxygen atoms in total. The Morgan fingerprint density at radius 3 is 2.38 bits per heavy atom. The minimum absolute atomic E-state index is 0.0575. The van der Waals surface area contributed by atoms with Crippen molar-refractivity contribution in [2.75, 3.05) is 50.5 Å². The molecular formula is C26H33ClN6O3S. The number of anilines is 1. The van der Waals surface area contributed by atoms with Crippen molar-refractivity contribution >= 4 is 39.1 Å². The van der Waals surface area contributed by atoms with Crippen LogP contribution in [-0.2, 0) is 14.8 Å². The molecule has 5 aliphatic rings. The Bertz CT molecular complexity index is 1250. The number of benzene rings is 1. The highest BCUT2D eigenvalue weighted by Crippen LogP contribution is 2.53. The highest BCUT2D eigenvalue weighted by Gasteiger charge is 2.61. The number of piperidine rings is 1. The van der Waals surface area contributed by atoms with Crippen molar-refractivity contribution in [3.8, 4) is 6.07 Å². The van der Waals surface area contributed by atoms with Gasteiger partial charge in [-0.2, -0.15) is 14.7 Å². The van der Waals surface area contributed by atoms with E-state index in [9.17, 15) is 18.5 Å². The molecule has 198 valence electrons. The standard InChI is InChI=1S/C26H33ClN6O3S/c1-37(35,36)32-10-8-30(9-11-32)26(34)25-20-15-31(16-21(20)25)24-13-23(17-4-2-3-5-17)33(29-24)19-7-6-18(14-28)22(27)12-19/h6-7,12,17,20-21,23,25H,2-5,8-11,13,15-16H2,1H3/t20-,21+,23?,25?. The molecule has 11 heteroatoms. The summed E-state index contributed by atoms with van der Waals surface area (Å²) < 4.78 is 25.0. The Balaban J connectivity index is 1.11. The van der Waals surface area contributed by atoms with E-state index in [0.29, 0.717) is 60.6 Å². The predicted molar refractivity (Wildman–Crippen MR) is 141 cm³/mol. The number of fused-ring (bicyclic) bond motifs is 1. The fourth-order valence-electron chi connectivity index (χ4n) is 6.95. The molecule has 4 fully saturated rings. The Kier molecular flexibility index (Phi) is 6.37. The number of piperazine rings is 1. The van der Waals surface area contributed by atoms with Gasteiger partial charge >= 0.3 is 0 Å². The van der Waals surface area contributed by atoms with Gasteiger partial charge in [-0.1, -0.05) is 24.4 Å². The van der Waals surface area contributed by atoms with E-state index in [1.54, 1.807) is 6.07 Å². The molecule has 3 heterocycles. The van der Waals surface area contributed by atoms with Crippen LogP contribution in [0.4, 0.5) is 5.69 Å². The van der Waals surface area contributed by atoms with Gasteiger partial charge < -0.3 is 9.80 Å². The molecule has 6 rings (SSSR count). The van der Waals surface area contributed by atoms with Gasteiger partial charge in [0.05, 0.1) is 28.6 Å². The molecule has 2 saturated heterocycles. The molecule has 0 spiro atoms. The van der Waals surface area contributed by atoms with Crippen LogP contribution in [0.1, 0.15) is 37.7 Å². The zero-order valence-electron chi connectivity index (χ0n) is 21.1. The number of amidine groups is 1. The molecule has 0 N–H and O–H groups in total. The number of halogens is 1. The normalized spacial score (nSPS) is 30.4. The average molecular weight is 545 g/mol. The fraction of sp³-hybridized carbons (Fsp3) is 0.654. The first-order valence-electron chi connectivity index (χ1n) is 13.3. The molecule has 1 aromatic carbocycles. The van der Waals surface area contributed by atoms with Crippen LogP contribution in [0.25, 0.3) is 0 Å². The number of amides is 1. The van der Waals surface area contributed by atoms with Crippen LogP contribution in [0, 0.1) is 35.0 Å². The Morgan fingerprint density at radius 2 is 1.78 bits per heavy atom. The van der Waals surface area contributed by atoms with Crippen molar-refractivity contribution in [3.63, 3.8) is 0 Å². The van der Waals surface area contributed by atoms with E-state index in [0.717, 1.165) is 31.0 Å². The molecule has 4 atom stereocenters. The second-order valence-corrected chi connectivity index (χ2v) is 13.6. The maximum Gasteiger partial charge on any atom is 0.226 e. The van der Waals surface area contributed by atoms with Gasteiger partial charge in [0, 0.05) is 51.6 Å². The first-order chi connectivity index (χ1) is 17.7. The molecule has 2 saturated carbocycles. The summed E-state index contributed by atoms with van der Waals surface area (Å²) in [4.78, 5) is 17.4. The second kappa shape index (κ2) is 9.44. The predicted octanol–water partition coefficient (Wildman–Crippen LogP) is 2.58. The van der Waals surface area contributed by atoms with Crippen LogP contribution < -0.4 is 5.01 Å². The lowest BCUT2D eigenvalue weighted by atomic mass is 9.94. The van der Waals surface area contributed by atoms with Crippen LogP contribution >= 0.6 is 11.6 Å². The highest BCUT2D eigenvalue weighted by atomic mass is 35.5. The Labute approximate surface area is 223 Å². The van der Waals surface area contributed by atoms with Crippen molar-refractivity contribution in [2.45, 2.75) is 38.1 Å². The number of carbonyl (C=O) groups is 1. The van der Waals surface area contributed by atoms with Crippen LogP contribution in [0.5, 0.6) is 0 Å². The first kappa shape index (κ1) is 25.0. The van der Waals surface area contributed by atoms with E-state index < -0.39 is 10.0 Å². The summed E-state index contributed by atoms with van der Waals surface area (Å²) in [5.74, 6) is 2.64. The van der Waals surface area contributed by atoms with Crippen LogP contribution in [0.3, 0.4) is 0 Å². The minimum atomic E-state index is -3.20. The van der Waals surface area contributed by atoms with Gasteiger partial charge in [-0.25, -0.2) is 8.42 Å². The second-order valence-electron chi connectivity index (χ2n) is 11.2. The van der Waals surface area contributed by atoms with Gasteiger partial charge in [0.15, 0.2) is 0 Å². The first-order valence-corrected chi connectivity index (χ1v) is 15.5. The molecule has 2 aliphatic carbocycles. The smallest absolute Gasteiger partial charge is 0.226 e. The SMILES string of the molecule is CS(=O)(=O)N1CCN(C(=O)C2[C@H]3CN(C4=NN(c5ccc(C#N)c(Cl)c5)C(C5CCCC5)C4)C[C@@H]23)CC1. The third kappa shape index (κ3) is 4.59. The molecule has 1 aromatic rings. The third-order valence-corrected chi connectivity index (χ3v) is 10.7. The number of carbonyl (C=O) groups excluding carboxylic acids is 1. The number of nitrogens with zero attached hydrogens (tertiary/aromatic N) is 6. The molecule has 3 aliphatic heterocycles. The molecular weight excluding hydrogens is 512 g/mol. The topological polar surface area (TPSA) is 100 Å². The van der Waals surface area contributed by atoms with Crippen molar-refractivity contribution < 1.29 is 13.2 Å². The number of likely N-dealkylation sites (tertiary alicyclic amines) is 1. The number of hydrogen-bond donors (Lipinski definition) is 0. The van der Waals surface area contributed by atoms with E-state index >= 15 is 0 Å². The molecule has 0 aromatic heterocycles. The molecule has 0 bridgehead atoms. The molecule has 1 amide bonds. The Morgan fingerprint density at radius 1 is 1.11 bits per heavy atom. The summed E-state index contributed by atoms with van der Waals surface area (Å²) in [6.07, 6.45) is 7.06. The van der Waals surface area contributed by atoms with Crippen molar-refractivity contribution in [1.82, 2.24) is 14.1 Å². The summed E-state index contributed by atoms with van der Waals surface area (Å²) in [6, 6.07) is 8.00. The maximum atomic E-state index is 13.2. The molecule has 0 radical (unpaired) electrons. The lowest BCUT2D eigenvalue weighted by Gasteiger charge is -2.34. The molecule has 37 heavy (non-hydrogen) atoms. The summed E-state index contributed by atoms with van der Waals surface area (Å²) in [7, 11) is -3.20. The monoisotopic (exact) mass is 544 g/mol. The minimum Gasteiger partial charge on any atom is -0.358 e. The Hall–Kier alpha value is -2.35. The number of nitriles is 1. The van der Waals surface area contributed by atoms with E-state index in [2.05, 4.69) is 16.0 Å². The van der Waals surface area contributed by atoms with Gasteiger partial charge in [0.25, 0.3) is 0 Å². The maximum absolute atomic E-state index is 13.2. The molecule has 2 unspecified atom stereocenters. The number of hydrogen-bond acceptors (Lipinski definition) is 7. The number of rotatable bonds is 4. The summed E-state index contributed by atoms with van der Waals surface area (Å²) >= 11 is 6.37. The van der Waals surface area contributed by atoms with Gasteiger partial charge in [0.2, 0.25) is 15.9 Å². The summed E-state index contributed by atoms with van der Waals surface area (Å²) in [5, 5.41) is 16.9. The zero-order chi connectivity index (χ0) is 25.9. The van der Waals surface area contributed by atoms with Crippen molar-refractivity contribution in [3.05, 3.63) is 28.8 Å². The van der Waals surface area contributed by atoms with Gasteiger partial charge in [-0.15, -0.1) is 0 Å². The van der Waals surface area contributed by atoms with E-state index in [1.807, 2.05) is 17.0 Å². The van der Waals surface area contributed by atoms with Crippen LogP contribution in [0.15, 0.2) is 23.3 Å². The summed E-state index contributed by atoms with van der Waals surface area (Å²) in [5.41, 5.74) is 1.40. The van der Waals surface area contributed by atoms with Crippen LogP contribution in [-0.4, -0.2) is 85.8 Å². The fourth-order valence-corrected chi connectivity index (χ4v) is 8.00. The lowest BCUT2D eigenvalue weighted by molar-refractivity contribution is -0.134.